The van der Waals surface area contributed by atoms with Crippen molar-refractivity contribution < 1.29 is 9.59 Å². The van der Waals surface area contributed by atoms with Gasteiger partial charge in [0, 0.05) is 0 Å². The van der Waals surface area contributed by atoms with Crippen LogP contribution in [0.15, 0.2) is 10.5 Å². The molecule has 4 heteroatoms. The fraction of sp³-hybridized carbons (Fsp3) is 0.556. The standard InChI is InChI=1S/C9H13NO2S/c1-3-4-5-6(2)7-8(11)10-9(12)13-7/h3-5H2,1-2H3,(H,10,11,12)/b7-6-. The molecular weight excluding hydrogens is 186 g/mol. The summed E-state index contributed by atoms with van der Waals surface area (Å²) in [5, 5.41) is 2.00. The van der Waals surface area contributed by atoms with Gasteiger partial charge < -0.3 is 0 Å². The van der Waals surface area contributed by atoms with Crippen LogP contribution in [0.1, 0.15) is 33.1 Å². The number of carbonyl (C=O) groups excluding carboxylic acids is 2. The zero-order chi connectivity index (χ0) is 9.84. The summed E-state index contributed by atoms with van der Waals surface area (Å²) in [6.07, 6.45) is 3.07. The maximum Gasteiger partial charge on any atom is 0.290 e. The van der Waals surface area contributed by atoms with Crippen molar-refractivity contribution in [2.75, 3.05) is 0 Å². The van der Waals surface area contributed by atoms with Gasteiger partial charge in [-0.25, -0.2) is 0 Å². The summed E-state index contributed by atoms with van der Waals surface area (Å²) < 4.78 is 0. The zero-order valence-electron chi connectivity index (χ0n) is 7.85. The molecule has 1 heterocycles. The van der Waals surface area contributed by atoms with Crippen LogP contribution in [0.4, 0.5) is 4.79 Å². The summed E-state index contributed by atoms with van der Waals surface area (Å²) in [5.41, 5.74) is 1.02. The third-order valence-corrected chi connectivity index (χ3v) is 2.93. The Labute approximate surface area is 82.0 Å². The molecule has 72 valence electrons. The Bertz CT molecular complexity index is 271. The van der Waals surface area contributed by atoms with E-state index < -0.39 is 0 Å². The second kappa shape index (κ2) is 4.46. The Morgan fingerprint density at radius 2 is 2.15 bits per heavy atom. The van der Waals surface area contributed by atoms with Gasteiger partial charge in [-0.15, -0.1) is 0 Å². The van der Waals surface area contributed by atoms with Gasteiger partial charge in [-0.2, -0.15) is 0 Å². The number of hydrogen-bond donors (Lipinski definition) is 1. The van der Waals surface area contributed by atoms with Crippen molar-refractivity contribution >= 4 is 22.9 Å². The molecular formula is C9H13NO2S. The van der Waals surface area contributed by atoms with Gasteiger partial charge in [0.15, 0.2) is 0 Å². The van der Waals surface area contributed by atoms with Crippen molar-refractivity contribution in [2.24, 2.45) is 0 Å². The molecule has 1 N–H and O–H groups in total. The first-order valence-electron chi connectivity index (χ1n) is 4.38. The molecule has 1 aliphatic heterocycles. The molecule has 1 saturated heterocycles. The number of thioether (sulfide) groups is 1. The molecule has 13 heavy (non-hydrogen) atoms. The van der Waals surface area contributed by atoms with E-state index in [0.717, 1.165) is 36.6 Å². The second-order valence-corrected chi connectivity index (χ2v) is 4.04. The van der Waals surface area contributed by atoms with Gasteiger partial charge >= 0.3 is 0 Å². The van der Waals surface area contributed by atoms with E-state index >= 15 is 0 Å². The van der Waals surface area contributed by atoms with Crippen LogP contribution in [0.25, 0.3) is 0 Å². The molecule has 0 atom stereocenters. The van der Waals surface area contributed by atoms with Crippen LogP contribution in [-0.2, 0) is 4.79 Å². The summed E-state index contributed by atoms with van der Waals surface area (Å²) in [5.74, 6) is -0.233. The van der Waals surface area contributed by atoms with E-state index in [4.69, 9.17) is 0 Å². The Kier molecular flexibility index (Phi) is 3.54. The van der Waals surface area contributed by atoms with E-state index in [1.165, 1.54) is 0 Å². The number of allylic oxidation sites excluding steroid dienone is 1. The average Bonchev–Trinajstić information content (AvgIpc) is 2.41. The summed E-state index contributed by atoms with van der Waals surface area (Å²) in [7, 11) is 0. The smallest absolute Gasteiger partial charge is 0.282 e. The normalized spacial score (nSPS) is 20.5. The Hall–Kier alpha value is -0.770. The van der Waals surface area contributed by atoms with E-state index in [9.17, 15) is 9.59 Å². The Morgan fingerprint density at radius 1 is 1.46 bits per heavy atom. The molecule has 0 aromatic carbocycles. The van der Waals surface area contributed by atoms with Crippen LogP contribution >= 0.6 is 11.8 Å². The van der Waals surface area contributed by atoms with E-state index in [0.29, 0.717) is 4.91 Å². The lowest BCUT2D eigenvalue weighted by Crippen LogP contribution is -2.18. The first kappa shape index (κ1) is 10.3. The predicted octanol–water partition coefficient (Wildman–Crippen LogP) is 2.43. The molecule has 3 nitrogen and oxygen atoms in total. The van der Waals surface area contributed by atoms with Gasteiger partial charge in [-0.3, -0.25) is 14.9 Å². The molecule has 0 aliphatic carbocycles. The molecule has 0 aromatic heterocycles. The molecule has 0 saturated carbocycles. The van der Waals surface area contributed by atoms with Crippen LogP contribution in [0.3, 0.4) is 0 Å². The van der Waals surface area contributed by atoms with Crippen LogP contribution in [0, 0.1) is 0 Å². The van der Waals surface area contributed by atoms with Crippen LogP contribution in [-0.4, -0.2) is 11.1 Å². The number of imide groups is 1. The summed E-state index contributed by atoms with van der Waals surface area (Å²) in [4.78, 5) is 22.6. The number of unbranched alkanes of at least 4 members (excludes halogenated alkanes) is 1. The number of nitrogens with one attached hydrogen (secondary N) is 1. The van der Waals surface area contributed by atoms with Crippen LogP contribution < -0.4 is 5.32 Å². The topological polar surface area (TPSA) is 46.2 Å². The average molecular weight is 199 g/mol. The monoisotopic (exact) mass is 199 g/mol. The highest BCUT2D eigenvalue weighted by Gasteiger charge is 2.26. The minimum Gasteiger partial charge on any atom is -0.282 e. The quantitative estimate of drug-likeness (QED) is 0.710. The van der Waals surface area contributed by atoms with Gasteiger partial charge in [-0.1, -0.05) is 18.9 Å². The third-order valence-electron chi connectivity index (χ3n) is 1.91. The molecule has 0 aromatic rings. The summed E-state index contributed by atoms with van der Waals surface area (Å²) >= 11 is 1.01. The number of amides is 2. The van der Waals surface area contributed by atoms with E-state index in [1.807, 2.05) is 6.92 Å². The van der Waals surface area contributed by atoms with Crippen LogP contribution in [0.5, 0.6) is 0 Å². The maximum absolute atomic E-state index is 11.2. The van der Waals surface area contributed by atoms with E-state index in [-0.39, 0.29) is 11.1 Å². The lowest BCUT2D eigenvalue weighted by Gasteiger charge is -2.00. The second-order valence-electron chi connectivity index (χ2n) is 3.06. The van der Waals surface area contributed by atoms with Gasteiger partial charge in [0.1, 0.15) is 0 Å². The lowest BCUT2D eigenvalue weighted by molar-refractivity contribution is -0.115. The van der Waals surface area contributed by atoms with E-state index in [2.05, 4.69) is 12.2 Å². The zero-order valence-corrected chi connectivity index (χ0v) is 8.66. The maximum atomic E-state index is 11.2. The number of carbonyl (C=O) groups is 2. The van der Waals surface area contributed by atoms with Crippen molar-refractivity contribution in [1.82, 2.24) is 5.32 Å². The molecule has 0 radical (unpaired) electrons. The Balaban J connectivity index is 2.67. The number of rotatable bonds is 3. The van der Waals surface area contributed by atoms with Gasteiger partial charge in [0.25, 0.3) is 11.1 Å². The minimum absolute atomic E-state index is 0.233. The highest BCUT2D eigenvalue weighted by atomic mass is 32.2. The van der Waals surface area contributed by atoms with Crippen molar-refractivity contribution in [3.63, 3.8) is 0 Å². The molecule has 0 bridgehead atoms. The summed E-state index contributed by atoms with van der Waals surface area (Å²) in [6, 6.07) is 0. The van der Waals surface area contributed by atoms with Crippen molar-refractivity contribution in [3.05, 3.63) is 10.5 Å². The largest absolute Gasteiger partial charge is 0.290 e. The molecule has 0 unspecified atom stereocenters. The van der Waals surface area contributed by atoms with Crippen molar-refractivity contribution in [2.45, 2.75) is 33.1 Å². The predicted molar refractivity (Wildman–Crippen MR) is 53.4 cm³/mol. The van der Waals surface area contributed by atoms with Gasteiger partial charge in [0.05, 0.1) is 4.91 Å². The molecule has 1 rings (SSSR count). The minimum atomic E-state index is -0.254. The van der Waals surface area contributed by atoms with Crippen molar-refractivity contribution in [3.8, 4) is 0 Å². The van der Waals surface area contributed by atoms with E-state index in [1.54, 1.807) is 0 Å². The number of hydrogen-bond acceptors (Lipinski definition) is 3. The van der Waals surface area contributed by atoms with Gasteiger partial charge in [-0.05, 0) is 31.5 Å². The fourth-order valence-electron chi connectivity index (χ4n) is 1.15. The highest BCUT2D eigenvalue weighted by molar-refractivity contribution is 8.18. The van der Waals surface area contributed by atoms with Crippen LogP contribution in [0.2, 0.25) is 0 Å². The van der Waals surface area contributed by atoms with Crippen molar-refractivity contribution in [1.29, 1.82) is 0 Å². The van der Waals surface area contributed by atoms with Gasteiger partial charge in [0.2, 0.25) is 0 Å². The third kappa shape index (κ3) is 2.59. The first-order chi connectivity index (χ1) is 6.15. The Morgan fingerprint density at radius 3 is 2.62 bits per heavy atom. The SMILES string of the molecule is CCCC/C(C)=C1\SC(=O)NC1=O. The molecule has 0 spiro atoms. The first-order valence-corrected chi connectivity index (χ1v) is 5.19. The molecule has 1 aliphatic rings. The molecule has 2 amide bonds. The molecule has 1 fully saturated rings. The highest BCUT2D eigenvalue weighted by Crippen LogP contribution is 2.28. The fourth-order valence-corrected chi connectivity index (χ4v) is 1.90. The summed E-state index contributed by atoms with van der Waals surface area (Å²) in [6.45, 7) is 4.02. The lowest BCUT2D eigenvalue weighted by atomic mass is 10.1.